The van der Waals surface area contributed by atoms with Gasteiger partial charge in [0, 0.05) is 12.6 Å². The van der Waals surface area contributed by atoms with Crippen LogP contribution in [-0.4, -0.2) is 50.1 Å². The van der Waals surface area contributed by atoms with E-state index in [1.807, 2.05) is 0 Å². The molecule has 0 unspecified atom stereocenters. The first-order valence-corrected chi connectivity index (χ1v) is 7.35. The summed E-state index contributed by atoms with van der Waals surface area (Å²) in [6.45, 7) is 2.55. The Labute approximate surface area is 117 Å². The van der Waals surface area contributed by atoms with Crippen LogP contribution in [0.5, 0.6) is 0 Å². The Bertz CT molecular complexity index is 292. The highest BCUT2D eigenvalue weighted by atomic mass is 16.1. The number of hydrogen-bond acceptors (Lipinski definition) is 3. The molecule has 0 aliphatic heterocycles. The predicted molar refractivity (Wildman–Crippen MR) is 78.8 cm³/mol. The number of nitrogens with one attached hydrogen (secondary N) is 2. The number of terminal acetylenes is 1. The molecular weight excluding hydrogens is 238 g/mol. The van der Waals surface area contributed by atoms with Gasteiger partial charge in [0.1, 0.15) is 0 Å². The summed E-state index contributed by atoms with van der Waals surface area (Å²) in [4.78, 5) is 13.9. The minimum Gasteiger partial charge on any atom is -0.355 e. The molecule has 2 N–H and O–H groups in total. The van der Waals surface area contributed by atoms with Crippen molar-refractivity contribution in [2.24, 2.45) is 0 Å². The van der Waals surface area contributed by atoms with E-state index in [-0.39, 0.29) is 5.91 Å². The highest BCUT2D eigenvalue weighted by Crippen LogP contribution is 2.21. The third kappa shape index (κ3) is 7.19. The van der Waals surface area contributed by atoms with Crippen LogP contribution in [0.4, 0.5) is 0 Å². The van der Waals surface area contributed by atoms with Gasteiger partial charge in [0.15, 0.2) is 0 Å². The molecule has 1 fully saturated rings. The Morgan fingerprint density at radius 2 is 2.11 bits per heavy atom. The largest absolute Gasteiger partial charge is 0.355 e. The molecule has 0 heterocycles. The van der Waals surface area contributed by atoms with Crippen LogP contribution in [0.15, 0.2) is 0 Å². The fourth-order valence-electron chi connectivity index (χ4n) is 2.57. The fraction of sp³-hybridized carbons (Fsp3) is 0.800. The van der Waals surface area contributed by atoms with E-state index in [9.17, 15) is 4.79 Å². The Balaban J connectivity index is 2.00. The maximum atomic E-state index is 11.4. The van der Waals surface area contributed by atoms with Crippen LogP contribution in [0.2, 0.25) is 0 Å². The second-order valence-corrected chi connectivity index (χ2v) is 5.28. The van der Waals surface area contributed by atoms with Crippen molar-refractivity contribution in [3.05, 3.63) is 0 Å². The summed E-state index contributed by atoms with van der Waals surface area (Å²) in [5.41, 5.74) is 0. The third-order valence-corrected chi connectivity index (χ3v) is 3.72. The van der Waals surface area contributed by atoms with Crippen molar-refractivity contribution < 1.29 is 4.79 Å². The van der Waals surface area contributed by atoms with Gasteiger partial charge in [-0.25, -0.2) is 0 Å². The molecular formula is C15H27N3O. The Hall–Kier alpha value is -1.05. The van der Waals surface area contributed by atoms with Crippen LogP contribution in [0.1, 0.15) is 38.5 Å². The van der Waals surface area contributed by atoms with Crippen molar-refractivity contribution >= 4 is 5.91 Å². The zero-order chi connectivity index (χ0) is 13.9. The quantitative estimate of drug-likeness (QED) is 0.508. The summed E-state index contributed by atoms with van der Waals surface area (Å²) in [6.07, 6.45) is 12.9. The van der Waals surface area contributed by atoms with Gasteiger partial charge in [-0.3, -0.25) is 10.1 Å². The average molecular weight is 265 g/mol. The molecule has 1 amide bonds. The summed E-state index contributed by atoms with van der Waals surface area (Å²) in [7, 11) is 2.20. The molecule has 4 nitrogen and oxygen atoms in total. The molecule has 108 valence electrons. The van der Waals surface area contributed by atoms with Crippen molar-refractivity contribution in [2.75, 3.05) is 33.2 Å². The number of carbonyl (C=O) groups is 1. The lowest BCUT2D eigenvalue weighted by Gasteiger charge is -2.31. The molecule has 0 saturated heterocycles. The van der Waals surface area contributed by atoms with Gasteiger partial charge in [-0.15, -0.1) is 6.42 Å². The molecule has 0 atom stereocenters. The monoisotopic (exact) mass is 265 g/mol. The summed E-state index contributed by atoms with van der Waals surface area (Å²) in [5, 5.41) is 5.78. The van der Waals surface area contributed by atoms with Crippen LogP contribution in [0, 0.1) is 12.3 Å². The molecule has 0 bridgehead atoms. The first kappa shape index (κ1) is 16.0. The topological polar surface area (TPSA) is 44.4 Å². The Morgan fingerprint density at radius 1 is 1.37 bits per heavy atom. The van der Waals surface area contributed by atoms with E-state index in [4.69, 9.17) is 6.42 Å². The van der Waals surface area contributed by atoms with E-state index in [1.54, 1.807) is 0 Å². The van der Waals surface area contributed by atoms with Crippen molar-refractivity contribution in [2.45, 2.75) is 44.6 Å². The molecule has 0 spiro atoms. The van der Waals surface area contributed by atoms with Crippen LogP contribution in [0.25, 0.3) is 0 Å². The molecule has 0 radical (unpaired) electrons. The summed E-state index contributed by atoms with van der Waals surface area (Å²) in [6, 6.07) is 0.752. The normalized spacial score (nSPS) is 16.3. The zero-order valence-electron chi connectivity index (χ0n) is 12.1. The summed E-state index contributed by atoms with van der Waals surface area (Å²) in [5.74, 6) is 2.47. The van der Waals surface area contributed by atoms with Gasteiger partial charge in [0.05, 0.1) is 13.1 Å². The Kier molecular flexibility index (Phi) is 8.28. The van der Waals surface area contributed by atoms with Gasteiger partial charge < -0.3 is 10.2 Å². The van der Waals surface area contributed by atoms with Crippen molar-refractivity contribution in [1.82, 2.24) is 15.5 Å². The summed E-state index contributed by atoms with van der Waals surface area (Å²) < 4.78 is 0. The average Bonchev–Trinajstić information content (AvgIpc) is 2.44. The van der Waals surface area contributed by atoms with E-state index < -0.39 is 0 Å². The van der Waals surface area contributed by atoms with Crippen LogP contribution >= 0.6 is 0 Å². The highest BCUT2D eigenvalue weighted by molar-refractivity contribution is 5.77. The number of amides is 1. The number of nitrogens with zero attached hydrogens (tertiary/aromatic N) is 1. The van der Waals surface area contributed by atoms with Gasteiger partial charge in [-0.05, 0) is 32.9 Å². The van der Waals surface area contributed by atoms with Gasteiger partial charge in [0.25, 0.3) is 0 Å². The zero-order valence-corrected chi connectivity index (χ0v) is 12.1. The van der Waals surface area contributed by atoms with Crippen molar-refractivity contribution in [3.8, 4) is 12.3 Å². The molecule has 0 aromatic rings. The smallest absolute Gasteiger partial charge is 0.233 e. The SMILES string of the molecule is C#CCNCC(=O)NCCCN(C)C1CCCCC1. The molecule has 0 aromatic carbocycles. The first-order valence-electron chi connectivity index (χ1n) is 7.35. The van der Waals surface area contributed by atoms with Crippen LogP contribution in [-0.2, 0) is 4.79 Å². The van der Waals surface area contributed by atoms with Crippen molar-refractivity contribution in [3.63, 3.8) is 0 Å². The molecule has 4 heteroatoms. The minimum absolute atomic E-state index is 0.0237. The van der Waals surface area contributed by atoms with Crippen LogP contribution in [0.3, 0.4) is 0 Å². The van der Waals surface area contributed by atoms with Crippen LogP contribution < -0.4 is 10.6 Å². The molecule has 1 saturated carbocycles. The number of rotatable bonds is 8. The molecule has 1 aliphatic rings. The van der Waals surface area contributed by atoms with E-state index in [2.05, 4.69) is 28.5 Å². The lowest BCUT2D eigenvalue weighted by molar-refractivity contribution is -0.120. The molecule has 0 aromatic heterocycles. The number of carbonyl (C=O) groups excluding carboxylic acids is 1. The van der Waals surface area contributed by atoms with Crippen molar-refractivity contribution in [1.29, 1.82) is 0 Å². The second kappa shape index (κ2) is 9.82. The van der Waals surface area contributed by atoms with Gasteiger partial charge in [-0.2, -0.15) is 0 Å². The third-order valence-electron chi connectivity index (χ3n) is 3.72. The second-order valence-electron chi connectivity index (χ2n) is 5.28. The molecule has 1 aliphatic carbocycles. The fourth-order valence-corrected chi connectivity index (χ4v) is 2.57. The lowest BCUT2D eigenvalue weighted by Crippen LogP contribution is -2.37. The predicted octanol–water partition coefficient (Wildman–Crippen LogP) is 0.980. The lowest BCUT2D eigenvalue weighted by atomic mass is 9.94. The molecule has 19 heavy (non-hydrogen) atoms. The van der Waals surface area contributed by atoms with Gasteiger partial charge in [0.2, 0.25) is 5.91 Å². The van der Waals surface area contributed by atoms with Gasteiger partial charge >= 0.3 is 0 Å². The Morgan fingerprint density at radius 3 is 2.79 bits per heavy atom. The highest BCUT2D eigenvalue weighted by Gasteiger charge is 2.17. The first-order chi connectivity index (χ1) is 9.24. The number of hydrogen-bond donors (Lipinski definition) is 2. The van der Waals surface area contributed by atoms with E-state index in [1.165, 1.54) is 32.1 Å². The van der Waals surface area contributed by atoms with E-state index in [0.717, 1.165) is 25.6 Å². The summed E-state index contributed by atoms with van der Waals surface area (Å²) >= 11 is 0. The maximum Gasteiger partial charge on any atom is 0.233 e. The van der Waals surface area contributed by atoms with E-state index in [0.29, 0.717) is 13.1 Å². The maximum absolute atomic E-state index is 11.4. The van der Waals surface area contributed by atoms with E-state index >= 15 is 0 Å². The van der Waals surface area contributed by atoms with Gasteiger partial charge in [-0.1, -0.05) is 25.2 Å². The minimum atomic E-state index is 0.0237. The molecule has 1 rings (SSSR count). The standard InChI is InChI=1S/C15H27N3O/c1-3-10-16-13-15(19)17-11-7-12-18(2)14-8-5-4-6-9-14/h1,14,16H,4-13H2,2H3,(H,17,19).